The number of halogens is 5. The highest BCUT2D eigenvalue weighted by molar-refractivity contribution is 6.36. The fourth-order valence-electron chi connectivity index (χ4n) is 7.20. The monoisotopic (exact) mass is 757 g/mol. The van der Waals surface area contributed by atoms with E-state index in [0.717, 1.165) is 22.4 Å². The van der Waals surface area contributed by atoms with Crippen LogP contribution in [0.4, 0.5) is 18.9 Å². The maximum absolute atomic E-state index is 15.6. The van der Waals surface area contributed by atoms with E-state index in [1.165, 1.54) is 13.2 Å². The zero-order valence-corrected chi connectivity index (χ0v) is 29.9. The summed E-state index contributed by atoms with van der Waals surface area (Å²) in [4.78, 5) is 31.2. The molecule has 4 aromatic rings. The molecule has 274 valence electrons. The van der Waals surface area contributed by atoms with Gasteiger partial charge in [0.1, 0.15) is 28.2 Å². The zero-order valence-electron chi connectivity index (χ0n) is 28.4. The van der Waals surface area contributed by atoms with E-state index in [9.17, 15) is 23.5 Å². The number of alkyl halides is 2. The lowest BCUT2D eigenvalue weighted by molar-refractivity contribution is -0.140. The number of hydrogen-bond donors (Lipinski definition) is 3. The normalized spacial score (nSPS) is 17.5. The van der Waals surface area contributed by atoms with Crippen molar-refractivity contribution in [2.24, 2.45) is 7.05 Å². The number of carboxylic acid groups (broad SMARTS) is 1. The summed E-state index contributed by atoms with van der Waals surface area (Å²) in [6.07, 6.45) is -0.302. The molecule has 2 heterocycles. The molecule has 1 aromatic heterocycles. The quantitative estimate of drug-likeness (QED) is 0.139. The molecule has 0 radical (unpaired) electrons. The minimum Gasteiger partial charge on any atom is -0.496 e. The number of anilines is 1. The van der Waals surface area contributed by atoms with E-state index in [1.807, 2.05) is 24.3 Å². The van der Waals surface area contributed by atoms with Gasteiger partial charge >= 0.3 is 5.97 Å². The number of nitrogens with zero attached hydrogens (tertiary/aromatic N) is 3. The third kappa shape index (κ3) is 6.70. The van der Waals surface area contributed by atoms with Gasteiger partial charge in [0.25, 0.3) is 12.3 Å². The Hall–Kier alpha value is -4.30. The fourth-order valence-corrected chi connectivity index (χ4v) is 7.68. The molecule has 1 fully saturated rings. The number of imidazole rings is 1. The predicted molar refractivity (Wildman–Crippen MR) is 189 cm³/mol. The number of rotatable bonds is 12. The van der Waals surface area contributed by atoms with Crippen molar-refractivity contribution in [1.82, 2.24) is 19.8 Å². The second kappa shape index (κ2) is 14.3. The largest absolute Gasteiger partial charge is 0.496 e. The maximum Gasteiger partial charge on any atom is 0.323 e. The first-order valence-corrected chi connectivity index (χ1v) is 17.6. The van der Waals surface area contributed by atoms with Crippen molar-refractivity contribution < 1.29 is 37.3 Å². The number of hydrogen-bond acceptors (Lipinski definition) is 7. The molecule has 1 aliphatic heterocycles. The number of ether oxygens (including phenoxy) is 2. The standard InChI is InChI=1S/C37H36Cl2F3N5O5/c1-46-26-11-14-47(18-30(40)41)17-25(26)44-34(46)35(48)45-24-8-4-7-22(31(24)38)19-5-3-6-21-20(19)9-10-27(21)52-29-15-28(51-2)23(33(42)32(29)39)16-43-37(12-13-37)36(49)50/h3-8,15,27,30,43H,9-14,16-18H2,1-2H3,(H,45,48)(H,49,50). The Morgan fingerprint density at radius 3 is 2.56 bits per heavy atom. The molecule has 7 rings (SSSR count). The first kappa shape index (κ1) is 36.1. The number of carbonyl (C=O) groups is 2. The Morgan fingerprint density at radius 2 is 1.85 bits per heavy atom. The molecule has 1 amide bonds. The molecule has 3 N–H and O–H groups in total. The molecule has 52 heavy (non-hydrogen) atoms. The number of carboxylic acids is 1. The van der Waals surface area contributed by atoms with Crippen molar-refractivity contribution in [3.8, 4) is 22.6 Å². The van der Waals surface area contributed by atoms with E-state index >= 15 is 4.39 Å². The van der Waals surface area contributed by atoms with Crippen molar-refractivity contribution in [2.45, 2.75) is 63.3 Å². The highest BCUT2D eigenvalue weighted by atomic mass is 35.5. The van der Waals surface area contributed by atoms with Crippen LogP contribution in [0.5, 0.6) is 11.5 Å². The van der Waals surface area contributed by atoms with Crippen molar-refractivity contribution >= 4 is 40.8 Å². The molecule has 1 saturated carbocycles. The molecule has 3 aliphatic rings. The van der Waals surface area contributed by atoms with E-state index < -0.39 is 35.8 Å². The Labute approximate surface area is 307 Å². The summed E-state index contributed by atoms with van der Waals surface area (Å²) < 4.78 is 55.1. The third-order valence-electron chi connectivity index (χ3n) is 10.2. The van der Waals surface area contributed by atoms with E-state index in [0.29, 0.717) is 60.6 Å². The van der Waals surface area contributed by atoms with Crippen LogP contribution in [0.25, 0.3) is 11.1 Å². The van der Waals surface area contributed by atoms with Gasteiger partial charge in [0, 0.05) is 56.0 Å². The number of carbonyl (C=O) groups excluding carboxylic acids is 1. The number of benzene rings is 3. The second-order valence-corrected chi connectivity index (χ2v) is 14.1. The molecule has 10 nitrogen and oxygen atoms in total. The number of amides is 1. The second-order valence-electron chi connectivity index (χ2n) is 13.3. The summed E-state index contributed by atoms with van der Waals surface area (Å²) in [6, 6.07) is 12.6. The molecule has 1 unspecified atom stereocenters. The van der Waals surface area contributed by atoms with Crippen molar-refractivity contribution in [1.29, 1.82) is 0 Å². The van der Waals surface area contributed by atoms with Gasteiger partial charge in [-0.3, -0.25) is 19.8 Å². The first-order chi connectivity index (χ1) is 24.9. The highest BCUT2D eigenvalue weighted by Crippen LogP contribution is 2.46. The number of aliphatic carboxylic acids is 1. The Kier molecular flexibility index (Phi) is 9.89. The van der Waals surface area contributed by atoms with Gasteiger partial charge in [-0.05, 0) is 48.4 Å². The highest BCUT2D eigenvalue weighted by Gasteiger charge is 2.50. The molecule has 0 bridgehead atoms. The first-order valence-electron chi connectivity index (χ1n) is 16.9. The Bertz CT molecular complexity index is 2070. The molecular weight excluding hydrogens is 722 g/mol. The zero-order chi connectivity index (χ0) is 36.9. The summed E-state index contributed by atoms with van der Waals surface area (Å²) in [7, 11) is 3.13. The van der Waals surface area contributed by atoms with Gasteiger partial charge < -0.3 is 24.5 Å². The SMILES string of the molecule is COc1cc(OC2CCc3c(-c4cccc(NC(=O)c5nc6c(n5C)CCN(CC(F)F)C6)c4Cl)cccc32)c(Cl)c(F)c1CNC1(C(=O)O)CC1. The van der Waals surface area contributed by atoms with Crippen LogP contribution >= 0.6 is 23.2 Å². The summed E-state index contributed by atoms with van der Waals surface area (Å²) in [6.45, 7) is 0.273. The molecule has 0 saturated heterocycles. The van der Waals surface area contributed by atoms with Gasteiger partial charge in [0.2, 0.25) is 0 Å². The average Bonchev–Trinajstić information content (AvgIpc) is 3.70. The minimum absolute atomic E-state index is 0.0801. The van der Waals surface area contributed by atoms with Crippen molar-refractivity contribution in [3.05, 3.63) is 92.2 Å². The fraction of sp³-hybridized carbons (Fsp3) is 0.378. The number of aromatic nitrogens is 2. The van der Waals surface area contributed by atoms with Crippen molar-refractivity contribution in [3.63, 3.8) is 0 Å². The van der Waals surface area contributed by atoms with E-state index in [-0.39, 0.29) is 47.5 Å². The predicted octanol–water partition coefficient (Wildman–Crippen LogP) is 7.19. The molecule has 3 aromatic carbocycles. The number of fused-ring (bicyclic) bond motifs is 2. The van der Waals surface area contributed by atoms with Crippen LogP contribution in [-0.2, 0) is 37.8 Å². The average molecular weight is 759 g/mol. The van der Waals surface area contributed by atoms with Gasteiger partial charge in [-0.15, -0.1) is 0 Å². The third-order valence-corrected chi connectivity index (χ3v) is 10.9. The van der Waals surface area contributed by atoms with Gasteiger partial charge in [-0.2, -0.15) is 0 Å². The summed E-state index contributed by atoms with van der Waals surface area (Å²) >= 11 is 13.4. The lowest BCUT2D eigenvalue weighted by atomic mass is 9.96. The molecule has 2 aliphatic carbocycles. The summed E-state index contributed by atoms with van der Waals surface area (Å²) in [5.74, 6) is -1.76. The van der Waals surface area contributed by atoms with E-state index in [2.05, 4.69) is 15.6 Å². The van der Waals surface area contributed by atoms with Gasteiger partial charge in [-0.25, -0.2) is 18.2 Å². The van der Waals surface area contributed by atoms with Crippen molar-refractivity contribution in [2.75, 3.05) is 25.5 Å². The Balaban J connectivity index is 1.10. The smallest absolute Gasteiger partial charge is 0.323 e. The minimum atomic E-state index is -2.45. The van der Waals surface area contributed by atoms with Crippen LogP contribution in [0.1, 0.15) is 64.1 Å². The van der Waals surface area contributed by atoms with E-state index in [4.69, 9.17) is 32.7 Å². The molecular formula is C37H36Cl2F3N5O5. The topological polar surface area (TPSA) is 118 Å². The van der Waals surface area contributed by atoms with E-state index in [1.54, 1.807) is 28.6 Å². The number of nitrogens with one attached hydrogen (secondary N) is 2. The maximum atomic E-state index is 15.6. The summed E-state index contributed by atoms with van der Waals surface area (Å²) in [5.41, 5.74) is 4.27. The van der Waals surface area contributed by atoms with Gasteiger partial charge in [0.05, 0.1) is 30.1 Å². The molecule has 0 spiro atoms. The molecule has 1 atom stereocenters. The lowest BCUT2D eigenvalue weighted by Crippen LogP contribution is -2.38. The van der Waals surface area contributed by atoms with Gasteiger partial charge in [0.15, 0.2) is 11.6 Å². The van der Waals surface area contributed by atoms with Crippen LogP contribution in [-0.4, -0.2) is 63.6 Å². The summed E-state index contributed by atoms with van der Waals surface area (Å²) in [5, 5.41) is 15.4. The van der Waals surface area contributed by atoms with Gasteiger partial charge in [-0.1, -0.05) is 53.5 Å². The lowest BCUT2D eigenvalue weighted by Gasteiger charge is -2.25. The Morgan fingerprint density at radius 1 is 1.10 bits per heavy atom. The van der Waals surface area contributed by atoms with Crippen LogP contribution in [0.2, 0.25) is 10.0 Å². The van der Waals surface area contributed by atoms with Crippen LogP contribution in [0.15, 0.2) is 42.5 Å². The number of methoxy groups -OCH3 is 1. The molecule has 15 heteroatoms. The van der Waals surface area contributed by atoms with Crippen LogP contribution in [0.3, 0.4) is 0 Å². The van der Waals surface area contributed by atoms with Crippen LogP contribution < -0.4 is 20.1 Å². The van der Waals surface area contributed by atoms with Crippen LogP contribution in [0, 0.1) is 5.82 Å².